The smallest absolute Gasteiger partial charge is 0.323 e. The number of rotatable bonds is 18. The van der Waals surface area contributed by atoms with E-state index >= 15 is 0 Å². The van der Waals surface area contributed by atoms with Crippen LogP contribution < -0.4 is 42.5 Å². The summed E-state index contributed by atoms with van der Waals surface area (Å²) in [6, 6.07) is 18.2. The van der Waals surface area contributed by atoms with Crippen LogP contribution in [-0.4, -0.2) is 150 Å². The number of nitrogens with zero attached hydrogens (tertiary/aromatic N) is 6. The molecule has 33 nitrogen and oxygen atoms in total. The van der Waals surface area contributed by atoms with Crippen LogP contribution in [0.5, 0.6) is 0 Å². The maximum absolute atomic E-state index is 13.5. The van der Waals surface area contributed by atoms with E-state index in [0.29, 0.717) is 12.1 Å². The molecule has 95 heavy (non-hydrogen) atoms. The molecule has 1 radical (unpaired) electrons. The van der Waals surface area contributed by atoms with Crippen molar-refractivity contribution >= 4 is 179 Å². The van der Waals surface area contributed by atoms with Crippen molar-refractivity contribution in [3.63, 3.8) is 0 Å². The van der Waals surface area contributed by atoms with Gasteiger partial charge >= 0.3 is 6.03 Å². The standard InChI is InChI=1S/C57H52N14O19S4.Na/c1-66-23-33(15-43(66)51(72)58-31-9-7-29-11-39(91(79,80)81)21-49(41(29)13-31)93(85,86)87)60-53(74)45-17-35(25-68(45)3)62-55(76)47-19-37(27-70(47)5)64-57(78)65-38-20-48(71(6)28-38)56(77)63-36-18-46(69(4)26-36)54(75)61-34-16-44(67(2)24-34)52(73)59-32-10-8-30-12-40(92(82,83)84)22-50(42(30)14-32)94(88,89)90;/h7-28H,1-6H3,(H,58,72)(H,59,73)(H,60,74)(H,61,75)(H,62,76)(H,63,77)(H2,64,65,78)(H,79,80,81)(H,82,83,84)(H,85,86,87)(H,88,89,90);. The average molecular weight is 1390 g/mol. The Morgan fingerprint density at radius 3 is 0.737 bits per heavy atom. The van der Waals surface area contributed by atoms with Gasteiger partial charge in [0.05, 0.1) is 43.9 Å². The minimum absolute atomic E-state index is 0. The number of fused-ring (bicyclic) bond motifs is 2. The van der Waals surface area contributed by atoms with Crippen LogP contribution in [0.15, 0.2) is 154 Å². The fraction of sp³-hybridized carbons (Fsp3) is 0.105. The summed E-state index contributed by atoms with van der Waals surface area (Å²) in [6.45, 7) is 0. The van der Waals surface area contributed by atoms with Gasteiger partial charge in [0.2, 0.25) is 0 Å². The second-order valence-corrected chi connectivity index (χ2v) is 26.9. The van der Waals surface area contributed by atoms with Crippen LogP contribution in [0.25, 0.3) is 21.5 Å². The van der Waals surface area contributed by atoms with Crippen molar-refractivity contribution in [3.8, 4) is 0 Å². The van der Waals surface area contributed by atoms with Crippen molar-refractivity contribution in [3.05, 3.63) is 168 Å². The molecule has 10 rings (SSSR count). The topological polar surface area (TPSA) is 463 Å². The molecule has 0 unspecified atom stereocenters. The number of hydrogen-bond donors (Lipinski definition) is 12. The van der Waals surface area contributed by atoms with E-state index in [4.69, 9.17) is 0 Å². The number of carbonyl (C=O) groups excluding carboxylic acids is 7. The SMILES string of the molecule is Cn1cc(NC(=O)Nc2cc(C(=O)Nc3cc(C(=O)Nc4cc(C(=O)Nc5ccc6cc(S(=O)(=O)O)cc(S(=O)(=O)O)c6c5)n(C)c4)n(C)c3)n(C)c2)cc1C(=O)Nc1cc(C(=O)Nc2cc(C(=O)Nc3ccc4cc(S(=O)(=O)O)cc(S(=O)(=O)O)c4c3)n(C)c2)n(C)c1.[Na]. The summed E-state index contributed by atoms with van der Waals surface area (Å²) in [4.78, 5) is 91.0. The number of hydrogen-bond acceptors (Lipinski definition) is 15. The minimum Gasteiger partial charge on any atom is -0.344 e. The summed E-state index contributed by atoms with van der Waals surface area (Å²) < 4.78 is 143. The largest absolute Gasteiger partial charge is 0.344 e. The van der Waals surface area contributed by atoms with Crippen LogP contribution in [0.4, 0.5) is 50.3 Å². The Morgan fingerprint density at radius 1 is 0.295 bits per heavy atom. The van der Waals surface area contributed by atoms with Crippen LogP contribution in [0.3, 0.4) is 0 Å². The summed E-state index contributed by atoms with van der Waals surface area (Å²) in [5, 5.41) is 20.9. The zero-order valence-corrected chi connectivity index (χ0v) is 55.7. The van der Waals surface area contributed by atoms with E-state index in [-0.39, 0.29) is 131 Å². The van der Waals surface area contributed by atoms with Crippen molar-refractivity contribution in [1.29, 1.82) is 0 Å². The van der Waals surface area contributed by atoms with Crippen molar-refractivity contribution in [2.75, 3.05) is 42.5 Å². The molecular weight excluding hydrogens is 1340 g/mol. The molecule has 0 atom stereocenters. The molecule has 0 aliphatic heterocycles. The first-order valence-electron chi connectivity index (χ1n) is 26.9. The molecule has 0 saturated carbocycles. The fourth-order valence-electron chi connectivity index (χ4n) is 10.1. The molecule has 0 bridgehead atoms. The van der Waals surface area contributed by atoms with E-state index < -0.39 is 102 Å². The monoisotopic (exact) mass is 1390 g/mol. The van der Waals surface area contributed by atoms with E-state index in [0.717, 1.165) is 12.1 Å². The second kappa shape index (κ2) is 26.0. The van der Waals surface area contributed by atoms with Gasteiger partial charge in [-0.25, -0.2) is 4.79 Å². The summed E-state index contributed by atoms with van der Waals surface area (Å²) in [6.07, 6.45) is 8.76. The summed E-state index contributed by atoms with van der Waals surface area (Å²) in [7, 11) is -10.5. The van der Waals surface area contributed by atoms with Gasteiger partial charge in [0.1, 0.15) is 44.0 Å². The molecule has 6 heterocycles. The predicted octanol–water partition coefficient (Wildman–Crippen LogP) is 5.79. The second-order valence-electron chi connectivity index (χ2n) is 21.3. The number of aromatic nitrogens is 6. The molecule has 12 N–H and O–H groups in total. The predicted molar refractivity (Wildman–Crippen MR) is 346 cm³/mol. The van der Waals surface area contributed by atoms with Gasteiger partial charge in [0, 0.05) is 131 Å². The molecule has 10 aromatic rings. The maximum Gasteiger partial charge on any atom is 0.323 e. The number of aryl methyl sites for hydroxylation is 6. The van der Waals surface area contributed by atoms with Gasteiger partial charge in [0.25, 0.3) is 75.9 Å². The van der Waals surface area contributed by atoms with Crippen LogP contribution in [0, 0.1) is 0 Å². The quantitative estimate of drug-likeness (QED) is 0.0357. The van der Waals surface area contributed by atoms with Crippen LogP contribution in [0.2, 0.25) is 0 Å². The molecule has 38 heteroatoms. The third kappa shape index (κ3) is 15.2. The zero-order chi connectivity index (χ0) is 68.4. The Morgan fingerprint density at radius 2 is 0.516 bits per heavy atom. The summed E-state index contributed by atoms with van der Waals surface area (Å²) >= 11 is 0. The average Bonchev–Trinajstić information content (AvgIpc) is 1.74. The normalized spacial score (nSPS) is 11.8. The molecule has 0 fully saturated rings. The number of benzene rings is 4. The van der Waals surface area contributed by atoms with E-state index in [1.54, 1.807) is 28.2 Å². The third-order valence-corrected chi connectivity index (χ3v) is 17.9. The Labute approximate surface area is 560 Å². The van der Waals surface area contributed by atoms with E-state index in [1.165, 1.54) is 151 Å². The summed E-state index contributed by atoms with van der Waals surface area (Å²) in [5.74, 6) is -3.94. The van der Waals surface area contributed by atoms with Crippen molar-refractivity contribution in [1.82, 2.24) is 27.4 Å². The van der Waals surface area contributed by atoms with Gasteiger partial charge in [-0.2, -0.15) is 33.7 Å². The van der Waals surface area contributed by atoms with Gasteiger partial charge in [-0.15, -0.1) is 0 Å². The first kappa shape index (κ1) is 69.2. The van der Waals surface area contributed by atoms with Crippen LogP contribution >= 0.6 is 0 Å². The van der Waals surface area contributed by atoms with Crippen LogP contribution in [-0.2, 0) is 82.8 Å². The van der Waals surface area contributed by atoms with E-state index in [1.807, 2.05) is 0 Å². The van der Waals surface area contributed by atoms with Gasteiger partial charge in [0.15, 0.2) is 0 Å². The van der Waals surface area contributed by atoms with E-state index in [9.17, 15) is 85.4 Å². The minimum atomic E-state index is -5.01. The Kier molecular flexibility index (Phi) is 18.9. The van der Waals surface area contributed by atoms with Crippen molar-refractivity contribution < 1.29 is 85.4 Å². The molecule has 489 valence electrons. The Hall–Kier alpha value is -10.2. The molecule has 6 aromatic heterocycles. The number of amides is 8. The number of carbonyl (C=O) groups is 7. The third-order valence-electron chi connectivity index (χ3n) is 14.4. The number of nitrogens with one attached hydrogen (secondary N) is 8. The fourth-order valence-corrected chi connectivity index (χ4v) is 12.8. The van der Waals surface area contributed by atoms with Gasteiger partial charge in [-0.1, -0.05) is 12.1 Å². The Bertz CT molecular complexity index is 5080. The van der Waals surface area contributed by atoms with Crippen molar-refractivity contribution in [2.45, 2.75) is 19.6 Å². The first-order valence-corrected chi connectivity index (χ1v) is 32.6. The maximum atomic E-state index is 13.5. The van der Waals surface area contributed by atoms with Gasteiger partial charge in [-0.05, 0) is 95.7 Å². The first-order chi connectivity index (χ1) is 43.9. The van der Waals surface area contributed by atoms with Crippen LogP contribution in [0.1, 0.15) is 62.9 Å². The molecule has 0 saturated heterocycles. The molecule has 4 aromatic carbocycles. The molecule has 8 amide bonds. The number of urea groups is 1. The molecular formula is C57H52N14NaO19S4. The Balaban J connectivity index is 0.0000106. The van der Waals surface area contributed by atoms with E-state index in [2.05, 4.69) is 42.5 Å². The zero-order valence-electron chi connectivity index (χ0n) is 50.4. The molecule has 0 aliphatic carbocycles. The summed E-state index contributed by atoms with van der Waals surface area (Å²) in [5.41, 5.74) is 1.71. The van der Waals surface area contributed by atoms with Gasteiger partial charge < -0.3 is 69.9 Å². The molecule has 0 aliphatic rings. The number of anilines is 8. The van der Waals surface area contributed by atoms with Crippen molar-refractivity contribution in [2.24, 2.45) is 42.3 Å². The van der Waals surface area contributed by atoms with Gasteiger partial charge in [-0.3, -0.25) is 47.0 Å². The molecule has 0 spiro atoms.